The molecule has 5 nitrogen and oxygen atoms in total. The maximum absolute atomic E-state index is 12.6. The average Bonchev–Trinajstić information content (AvgIpc) is 3.03. The van der Waals surface area contributed by atoms with Gasteiger partial charge in [-0.2, -0.15) is 13.2 Å². The van der Waals surface area contributed by atoms with Crippen LogP contribution in [0.15, 0.2) is 30.5 Å². The van der Waals surface area contributed by atoms with E-state index in [4.69, 9.17) is 11.6 Å². The van der Waals surface area contributed by atoms with Crippen molar-refractivity contribution in [2.24, 2.45) is 0 Å². The molecule has 0 bridgehead atoms. The topological polar surface area (TPSA) is 61.2 Å². The smallest absolute Gasteiger partial charge is 0.649 e. The third kappa shape index (κ3) is 11.7. The summed E-state index contributed by atoms with van der Waals surface area (Å²) >= 11 is 6.07. The van der Waals surface area contributed by atoms with E-state index in [1.54, 1.807) is 26.8 Å². The van der Waals surface area contributed by atoms with Crippen LogP contribution in [0.5, 0.6) is 0 Å². The van der Waals surface area contributed by atoms with Crippen molar-refractivity contribution < 1.29 is 46.4 Å². The molecule has 0 saturated heterocycles. The van der Waals surface area contributed by atoms with Gasteiger partial charge in [0.1, 0.15) is 0 Å². The van der Waals surface area contributed by atoms with Crippen LogP contribution in [0.1, 0.15) is 68.0 Å². The van der Waals surface area contributed by atoms with Gasteiger partial charge in [-0.3, -0.25) is 9.78 Å². The first kappa shape index (κ1) is 31.1. The number of Topliss-reactive ketones (excluding diaryl/α,β-unsaturated/α-hetero) is 1. The predicted octanol–water partition coefficient (Wildman–Crippen LogP) is 3.12. The summed E-state index contributed by atoms with van der Waals surface area (Å²) in [6.45, 7) is 13.8. The van der Waals surface area contributed by atoms with Crippen LogP contribution in [0.25, 0.3) is 0 Å². The molecule has 1 aromatic heterocycles. The largest absolute Gasteiger partial charge is 1.00 e. The van der Waals surface area contributed by atoms with Gasteiger partial charge in [-0.1, -0.05) is 42.3 Å². The Morgan fingerprint density at radius 3 is 2.36 bits per heavy atom. The van der Waals surface area contributed by atoms with Crippen molar-refractivity contribution in [1.29, 1.82) is 0 Å². The molecule has 33 heavy (non-hydrogen) atoms. The maximum atomic E-state index is 12.6. The molecule has 0 aliphatic carbocycles. The monoisotopic (exact) mass is 478 g/mol. The third-order valence-corrected chi connectivity index (χ3v) is 4.52. The number of ether oxygens (including phenoxy) is 1. The van der Waals surface area contributed by atoms with Gasteiger partial charge in [0.15, 0.2) is 5.78 Å². The molecule has 0 spiro atoms. The van der Waals surface area contributed by atoms with Gasteiger partial charge in [0.25, 0.3) is 0 Å². The Bertz CT molecular complexity index is 896. The van der Waals surface area contributed by atoms with E-state index in [0.29, 0.717) is 17.9 Å². The maximum Gasteiger partial charge on any atom is 1.00 e. The first-order valence-corrected chi connectivity index (χ1v) is 10.2. The van der Waals surface area contributed by atoms with Crippen LogP contribution in [-0.2, 0) is 16.0 Å². The number of rotatable bonds is 8. The van der Waals surface area contributed by atoms with Gasteiger partial charge in [-0.25, -0.2) is 0 Å². The van der Waals surface area contributed by atoms with Gasteiger partial charge in [0, 0.05) is 17.9 Å². The summed E-state index contributed by atoms with van der Waals surface area (Å²) in [5.74, 6) is -0.191. The second kappa shape index (κ2) is 13.7. The van der Waals surface area contributed by atoms with Crippen molar-refractivity contribution in [1.82, 2.24) is 9.55 Å². The van der Waals surface area contributed by atoms with E-state index < -0.39 is 18.6 Å². The Kier molecular flexibility index (Phi) is 13.0. The molecule has 1 heterocycles. The molecule has 2 rings (SSSR count). The number of benzene rings is 1. The molecular formula is C23H27ClF3LiN2O3-2. The van der Waals surface area contributed by atoms with Gasteiger partial charge in [-0.15, -0.1) is 0 Å². The van der Waals surface area contributed by atoms with E-state index in [-0.39, 0.29) is 48.2 Å². The van der Waals surface area contributed by atoms with Crippen LogP contribution >= 0.6 is 11.6 Å². The predicted molar refractivity (Wildman–Crippen MR) is 117 cm³/mol. The number of hydrogen-bond acceptors (Lipinski definition) is 4. The van der Waals surface area contributed by atoms with Crippen molar-refractivity contribution in [2.45, 2.75) is 64.3 Å². The van der Waals surface area contributed by atoms with Crippen LogP contribution in [0, 0.1) is 13.8 Å². The van der Waals surface area contributed by atoms with Gasteiger partial charge >= 0.3 is 25.0 Å². The molecule has 0 N–H and O–H groups in total. The van der Waals surface area contributed by atoms with Gasteiger partial charge in [0.05, 0.1) is 17.5 Å². The molecule has 10 heteroatoms. The fourth-order valence-corrected chi connectivity index (χ4v) is 3.00. The van der Waals surface area contributed by atoms with Crippen molar-refractivity contribution in [3.05, 3.63) is 66.4 Å². The Labute approximate surface area is 210 Å². The number of ketones is 1. The summed E-state index contributed by atoms with van der Waals surface area (Å²) in [6.07, 6.45) is -2.96. The summed E-state index contributed by atoms with van der Waals surface area (Å²) < 4.78 is 43.4. The summed E-state index contributed by atoms with van der Waals surface area (Å²) in [4.78, 5) is 25.7. The molecular weight excluding hydrogens is 452 g/mol. The number of aromatic nitrogens is 2. The fourth-order valence-electron chi connectivity index (χ4n) is 2.76. The number of carbonyl (C=O) groups is 1. The fraction of sp³-hybridized carbons (Fsp3) is 0.435. The Balaban J connectivity index is 0.00000111. The molecule has 0 aliphatic heterocycles. The summed E-state index contributed by atoms with van der Waals surface area (Å²) in [6, 6.07) is 6.14. The summed E-state index contributed by atoms with van der Waals surface area (Å²) in [5.41, 5.74) is 0.658. The molecule has 1 aromatic carbocycles. The first-order chi connectivity index (χ1) is 14.7. The second-order valence-electron chi connectivity index (χ2n) is 8.07. The molecule has 1 unspecified atom stereocenters. The molecule has 0 amide bonds. The number of hydrogen-bond donors (Lipinski definition) is 0. The van der Waals surface area contributed by atoms with Crippen LogP contribution in [0.3, 0.4) is 0 Å². The second-order valence-corrected chi connectivity index (χ2v) is 8.48. The van der Waals surface area contributed by atoms with E-state index in [1.807, 2.05) is 18.2 Å². The van der Waals surface area contributed by atoms with Gasteiger partial charge in [-0.05, 0) is 51.1 Å². The van der Waals surface area contributed by atoms with E-state index in [1.165, 1.54) is 12.7 Å². The minimum absolute atomic E-state index is 0. The van der Waals surface area contributed by atoms with Crippen molar-refractivity contribution in [3.8, 4) is 0 Å². The molecule has 0 saturated carbocycles. The number of imidazole rings is 1. The molecule has 178 valence electrons. The van der Waals surface area contributed by atoms with Crippen LogP contribution in [0.4, 0.5) is 13.2 Å². The standard InChI is InChI=1S/C18H18ClF3N2O.C5H9O2.Li/c1-12(10-18(20,21)22)24-13(2)23-11-16(24)17(25)9-5-7-14-6-3-4-8-15(14)19;1-5(2,3)7-4-6;/h3-4,6,8,11-12H,1-2,5,7,9-10H2;1-3H3;/q-2;-1;+1. The van der Waals surface area contributed by atoms with Gasteiger partial charge in [0.2, 0.25) is 0 Å². The van der Waals surface area contributed by atoms with E-state index >= 15 is 0 Å². The number of aryl methyl sites for hydroxylation is 1. The van der Waals surface area contributed by atoms with Crippen LogP contribution in [0.2, 0.25) is 5.02 Å². The Hall–Kier alpha value is -1.88. The number of carbonyl (C=O) groups excluding carboxylic acids is 2. The van der Waals surface area contributed by atoms with Crippen molar-refractivity contribution in [3.63, 3.8) is 0 Å². The Morgan fingerprint density at radius 2 is 1.88 bits per heavy atom. The van der Waals surface area contributed by atoms with Crippen molar-refractivity contribution >= 4 is 23.9 Å². The normalized spacial score (nSPS) is 12.1. The SMILES string of the molecule is CC(C)(C)O[C-]=O.[CH2-]c1ncc(C(=O)CCCc2ccccc2Cl)n1C([CH2-])CC(F)(F)F.[Li+]. The summed E-state index contributed by atoms with van der Waals surface area (Å²) in [7, 11) is 0. The third-order valence-electron chi connectivity index (χ3n) is 4.15. The van der Waals surface area contributed by atoms with Crippen LogP contribution in [-0.4, -0.2) is 33.6 Å². The van der Waals surface area contributed by atoms with E-state index in [0.717, 1.165) is 10.1 Å². The average molecular weight is 479 g/mol. The number of alkyl halides is 3. The van der Waals surface area contributed by atoms with E-state index in [9.17, 15) is 22.8 Å². The van der Waals surface area contributed by atoms with Gasteiger partial charge < -0.3 is 27.9 Å². The molecule has 0 radical (unpaired) electrons. The Morgan fingerprint density at radius 1 is 1.27 bits per heavy atom. The number of nitrogens with zero attached hydrogens (tertiary/aromatic N) is 2. The summed E-state index contributed by atoms with van der Waals surface area (Å²) in [5, 5.41) is 0.628. The zero-order valence-electron chi connectivity index (χ0n) is 19.3. The van der Waals surface area contributed by atoms with Crippen LogP contribution < -0.4 is 18.9 Å². The van der Waals surface area contributed by atoms with E-state index in [2.05, 4.69) is 23.6 Å². The minimum atomic E-state index is -4.38. The number of halogens is 4. The molecule has 0 aliphatic rings. The van der Waals surface area contributed by atoms with Crippen molar-refractivity contribution in [2.75, 3.05) is 0 Å². The molecule has 0 fully saturated rings. The zero-order chi connectivity index (χ0) is 24.5. The molecule has 2 aromatic rings. The first-order valence-electron chi connectivity index (χ1n) is 9.86. The zero-order valence-corrected chi connectivity index (χ0v) is 20.1. The minimum Gasteiger partial charge on any atom is -0.649 e. The molecule has 1 atom stereocenters. The quantitative estimate of drug-likeness (QED) is 0.332.